The molecule has 2 rings (SSSR count). The summed E-state index contributed by atoms with van der Waals surface area (Å²) >= 11 is 12.2. The van der Waals surface area contributed by atoms with Crippen LogP contribution in [0.5, 0.6) is 0 Å². The number of quaternary nitrogens is 1. The van der Waals surface area contributed by atoms with Gasteiger partial charge in [0.25, 0.3) is 5.91 Å². The fourth-order valence-electron chi connectivity index (χ4n) is 2.56. The summed E-state index contributed by atoms with van der Waals surface area (Å²) in [6, 6.07) is 7.72. The first kappa shape index (κ1) is 17.1. The Bertz CT molecular complexity index is 610. The normalized spacial score (nSPS) is 18.1. The van der Waals surface area contributed by atoms with Gasteiger partial charge < -0.3 is 10.2 Å². The summed E-state index contributed by atoms with van der Waals surface area (Å²) in [5.41, 5.74) is 0.162. The minimum atomic E-state index is -0.745. The maximum absolute atomic E-state index is 12.2. The van der Waals surface area contributed by atoms with E-state index in [0.717, 1.165) is 23.3 Å². The van der Waals surface area contributed by atoms with Crippen LogP contribution < -0.4 is 10.2 Å². The highest BCUT2D eigenvalue weighted by atomic mass is 35.5. The van der Waals surface area contributed by atoms with Crippen LogP contribution in [0.15, 0.2) is 18.2 Å². The van der Waals surface area contributed by atoms with Crippen LogP contribution in [-0.2, 0) is 11.3 Å². The molecule has 0 heterocycles. The van der Waals surface area contributed by atoms with Gasteiger partial charge in [-0.1, -0.05) is 35.3 Å². The van der Waals surface area contributed by atoms with Crippen molar-refractivity contribution in [2.45, 2.75) is 31.8 Å². The zero-order valence-corrected chi connectivity index (χ0v) is 14.3. The number of rotatable bonds is 6. The molecule has 1 unspecified atom stereocenters. The molecule has 0 aromatic heterocycles. The molecular weight excluding hydrogens is 321 g/mol. The van der Waals surface area contributed by atoms with E-state index in [4.69, 9.17) is 23.2 Å². The van der Waals surface area contributed by atoms with Crippen molar-refractivity contribution in [3.8, 4) is 6.07 Å². The van der Waals surface area contributed by atoms with Gasteiger partial charge in [0.2, 0.25) is 0 Å². The molecule has 1 aliphatic carbocycles. The second kappa shape index (κ2) is 6.87. The van der Waals surface area contributed by atoms with E-state index in [1.807, 2.05) is 19.2 Å². The predicted octanol–water partition coefficient (Wildman–Crippen LogP) is 1.82. The molecule has 1 amide bonds. The summed E-state index contributed by atoms with van der Waals surface area (Å²) in [7, 11) is 1.91. The first-order valence-electron chi connectivity index (χ1n) is 7.32. The second-order valence-electron chi connectivity index (χ2n) is 6.16. The van der Waals surface area contributed by atoms with Crippen molar-refractivity contribution in [2.75, 3.05) is 13.6 Å². The molecule has 1 aliphatic rings. The molecule has 2 atom stereocenters. The minimum absolute atomic E-state index is 0.119. The van der Waals surface area contributed by atoms with Crippen LogP contribution in [0.4, 0.5) is 0 Å². The van der Waals surface area contributed by atoms with Crippen LogP contribution in [0.3, 0.4) is 0 Å². The van der Waals surface area contributed by atoms with Crippen molar-refractivity contribution < 1.29 is 9.69 Å². The third kappa shape index (κ3) is 4.13. The highest BCUT2D eigenvalue weighted by Gasteiger charge is 2.43. The van der Waals surface area contributed by atoms with Crippen LogP contribution >= 0.6 is 23.2 Å². The molecule has 0 saturated heterocycles. The van der Waals surface area contributed by atoms with Gasteiger partial charge in [0.1, 0.15) is 12.1 Å². The summed E-state index contributed by atoms with van der Waals surface area (Å²) in [5, 5.41) is 13.2. The van der Waals surface area contributed by atoms with Gasteiger partial charge in [-0.25, -0.2) is 0 Å². The van der Waals surface area contributed by atoms with Gasteiger partial charge in [-0.05, 0) is 31.7 Å². The third-order valence-corrected chi connectivity index (χ3v) is 4.87. The molecule has 0 aliphatic heterocycles. The zero-order chi connectivity index (χ0) is 16.3. The molecule has 6 heteroatoms. The van der Waals surface area contributed by atoms with Gasteiger partial charge in [0.15, 0.2) is 6.54 Å². The Morgan fingerprint density at radius 1 is 1.50 bits per heavy atom. The summed E-state index contributed by atoms with van der Waals surface area (Å²) in [6.45, 7) is 2.68. The van der Waals surface area contributed by atoms with E-state index in [0.29, 0.717) is 16.6 Å². The minimum Gasteiger partial charge on any atom is -0.333 e. The molecule has 22 heavy (non-hydrogen) atoms. The number of nitriles is 1. The van der Waals surface area contributed by atoms with E-state index in [1.165, 1.54) is 0 Å². The van der Waals surface area contributed by atoms with Crippen molar-refractivity contribution in [1.29, 1.82) is 5.26 Å². The van der Waals surface area contributed by atoms with Crippen molar-refractivity contribution in [3.63, 3.8) is 0 Å². The van der Waals surface area contributed by atoms with E-state index in [-0.39, 0.29) is 18.4 Å². The molecule has 1 fully saturated rings. The fraction of sp³-hybridized carbons (Fsp3) is 0.500. The molecule has 0 bridgehead atoms. The summed E-state index contributed by atoms with van der Waals surface area (Å²) in [4.78, 5) is 13.1. The lowest BCUT2D eigenvalue weighted by molar-refractivity contribution is -0.885. The molecule has 1 aromatic carbocycles. The molecule has 1 aromatic rings. The average molecular weight is 341 g/mol. The predicted molar refractivity (Wildman–Crippen MR) is 86.8 cm³/mol. The Kier molecular flexibility index (Phi) is 5.33. The highest BCUT2D eigenvalue weighted by Crippen LogP contribution is 2.39. The van der Waals surface area contributed by atoms with E-state index in [1.54, 1.807) is 13.0 Å². The van der Waals surface area contributed by atoms with Gasteiger partial charge in [0.05, 0.1) is 23.2 Å². The number of amides is 1. The number of hydrogen-bond acceptors (Lipinski definition) is 2. The molecule has 1 saturated carbocycles. The maximum Gasteiger partial charge on any atom is 0.276 e. The van der Waals surface area contributed by atoms with Crippen molar-refractivity contribution in [2.24, 2.45) is 5.92 Å². The van der Waals surface area contributed by atoms with Crippen molar-refractivity contribution in [1.82, 2.24) is 5.32 Å². The van der Waals surface area contributed by atoms with Crippen LogP contribution in [0, 0.1) is 17.2 Å². The average Bonchev–Trinajstić information content (AvgIpc) is 3.28. The van der Waals surface area contributed by atoms with E-state index < -0.39 is 5.54 Å². The molecule has 0 radical (unpaired) electrons. The standard InChI is InChI=1S/C16H19Cl2N3O/c1-16(10-19,12-6-7-12)20-14(22)9-21(2)8-11-4-3-5-13(17)15(11)18/h3-5,12H,6-9H2,1-2H3,(H,20,22)/p+1/t16-/m1/s1. The van der Waals surface area contributed by atoms with Crippen molar-refractivity contribution >= 4 is 29.1 Å². The smallest absolute Gasteiger partial charge is 0.276 e. The summed E-state index contributed by atoms with van der Waals surface area (Å²) in [5.74, 6) is 0.163. The number of nitrogens with zero attached hydrogens (tertiary/aromatic N) is 1. The molecule has 0 spiro atoms. The molecular formula is C16H20Cl2N3O+. The third-order valence-electron chi connectivity index (χ3n) is 4.01. The topological polar surface area (TPSA) is 57.3 Å². The van der Waals surface area contributed by atoms with Crippen LogP contribution in [-0.4, -0.2) is 25.0 Å². The number of hydrogen-bond donors (Lipinski definition) is 2. The summed E-state index contributed by atoms with van der Waals surface area (Å²) < 4.78 is 0. The van der Waals surface area contributed by atoms with Crippen LogP contribution in [0.2, 0.25) is 10.0 Å². The fourth-order valence-corrected chi connectivity index (χ4v) is 2.95. The zero-order valence-electron chi connectivity index (χ0n) is 12.7. The van der Waals surface area contributed by atoms with Crippen LogP contribution in [0.1, 0.15) is 25.3 Å². The van der Waals surface area contributed by atoms with Gasteiger partial charge in [-0.3, -0.25) is 4.79 Å². The van der Waals surface area contributed by atoms with E-state index >= 15 is 0 Å². The number of nitrogens with one attached hydrogen (secondary N) is 2. The summed E-state index contributed by atoms with van der Waals surface area (Å²) in [6.07, 6.45) is 2.01. The number of benzene rings is 1. The second-order valence-corrected chi connectivity index (χ2v) is 6.95. The lowest BCUT2D eigenvalue weighted by Crippen LogP contribution is -3.09. The van der Waals surface area contributed by atoms with Gasteiger partial charge >= 0.3 is 0 Å². The lowest BCUT2D eigenvalue weighted by Gasteiger charge is -2.24. The van der Waals surface area contributed by atoms with E-state index in [2.05, 4.69) is 11.4 Å². The highest BCUT2D eigenvalue weighted by molar-refractivity contribution is 6.42. The monoisotopic (exact) mass is 340 g/mol. The molecule has 4 nitrogen and oxygen atoms in total. The number of likely N-dealkylation sites (N-methyl/N-ethyl adjacent to an activating group) is 1. The van der Waals surface area contributed by atoms with E-state index in [9.17, 15) is 10.1 Å². The molecule has 2 N–H and O–H groups in total. The number of halogens is 2. The largest absolute Gasteiger partial charge is 0.333 e. The quantitative estimate of drug-likeness (QED) is 0.829. The Labute approximate surface area is 141 Å². The Balaban J connectivity index is 1.91. The number of carbonyl (C=O) groups excluding carboxylic acids is 1. The van der Waals surface area contributed by atoms with Crippen LogP contribution in [0.25, 0.3) is 0 Å². The number of carbonyl (C=O) groups is 1. The SMILES string of the molecule is C[NH+](CC(=O)N[C@](C)(C#N)C1CC1)Cc1cccc(Cl)c1Cl. The Morgan fingerprint density at radius 2 is 2.18 bits per heavy atom. The maximum atomic E-state index is 12.2. The molecule has 118 valence electrons. The van der Waals surface area contributed by atoms with Gasteiger partial charge in [0, 0.05) is 5.56 Å². The Morgan fingerprint density at radius 3 is 2.77 bits per heavy atom. The van der Waals surface area contributed by atoms with Crippen molar-refractivity contribution in [3.05, 3.63) is 33.8 Å². The van der Waals surface area contributed by atoms with Gasteiger partial charge in [-0.15, -0.1) is 0 Å². The Hall–Kier alpha value is -1.28. The lowest BCUT2D eigenvalue weighted by atomic mass is 9.98. The van der Waals surface area contributed by atoms with Gasteiger partial charge in [-0.2, -0.15) is 5.26 Å². The first-order valence-corrected chi connectivity index (χ1v) is 8.08. The first-order chi connectivity index (χ1) is 10.4.